The molecule has 0 aliphatic rings. The van der Waals surface area contributed by atoms with Gasteiger partial charge in [0.2, 0.25) is 0 Å². The summed E-state index contributed by atoms with van der Waals surface area (Å²) in [5.74, 6) is 0. The molecule has 0 aliphatic heterocycles. The molecule has 0 fully saturated rings. The van der Waals surface area contributed by atoms with Crippen molar-refractivity contribution in [2.24, 2.45) is 5.11 Å². The summed E-state index contributed by atoms with van der Waals surface area (Å²) in [7, 11) is 0. The normalized spacial score (nSPS) is 7.14. The third kappa shape index (κ3) is 5.37. The van der Waals surface area contributed by atoms with Gasteiger partial charge in [-0.2, -0.15) is 0 Å². The van der Waals surface area contributed by atoms with E-state index in [4.69, 9.17) is 5.53 Å². The van der Waals surface area contributed by atoms with Gasteiger partial charge in [0.15, 0.2) is 0 Å². The van der Waals surface area contributed by atoms with Gasteiger partial charge in [0.1, 0.15) is 6.71 Å². The van der Waals surface area contributed by atoms with Crippen LogP contribution in [0.15, 0.2) is 5.11 Å². The van der Waals surface area contributed by atoms with Gasteiger partial charge >= 0.3 is 0 Å². The Morgan fingerprint density at radius 3 is 2.43 bits per heavy atom. The second-order valence-corrected chi connectivity index (χ2v) is 1.81. The topological polar surface area (TPSA) is 48.8 Å². The average Bonchev–Trinajstić information content (AvgIpc) is 1.61. The van der Waals surface area contributed by atoms with Gasteiger partial charge in [-0.25, -0.2) is 0 Å². The van der Waals surface area contributed by atoms with Crippen LogP contribution >= 0.6 is 0 Å². The van der Waals surface area contributed by atoms with Gasteiger partial charge in [0.05, 0.1) is 0 Å². The molecule has 0 N–H and O–H groups in total. The zero-order chi connectivity index (χ0) is 5.70. The van der Waals surface area contributed by atoms with Crippen LogP contribution < -0.4 is 0 Å². The standard InChI is InChI=1S/C3H8BN3/c1-4(2)3-6-7-5/h3H2,1-2H3. The van der Waals surface area contributed by atoms with Crippen molar-refractivity contribution in [1.29, 1.82) is 0 Å². The van der Waals surface area contributed by atoms with E-state index in [1.165, 1.54) is 0 Å². The predicted octanol–water partition coefficient (Wildman–Crippen LogP) is 1.59. The summed E-state index contributed by atoms with van der Waals surface area (Å²) in [5, 5.41) is 3.35. The van der Waals surface area contributed by atoms with Crippen molar-refractivity contribution >= 4 is 6.71 Å². The molecule has 0 radical (unpaired) electrons. The molecule has 0 unspecified atom stereocenters. The van der Waals surface area contributed by atoms with Gasteiger partial charge in [-0.05, 0) is 5.53 Å². The first-order valence-corrected chi connectivity index (χ1v) is 2.28. The first kappa shape index (κ1) is 6.37. The minimum absolute atomic E-state index is 0.482. The van der Waals surface area contributed by atoms with Crippen LogP contribution in [0.25, 0.3) is 10.4 Å². The fourth-order valence-electron chi connectivity index (χ4n) is 0.200. The first-order valence-electron chi connectivity index (χ1n) is 2.28. The molecule has 0 spiro atoms. The number of hydrogen-bond donors (Lipinski definition) is 0. The molecule has 0 saturated heterocycles. The molecule has 0 aliphatic carbocycles. The molecule has 0 bridgehead atoms. The van der Waals surface area contributed by atoms with Gasteiger partial charge in [-0.1, -0.05) is 13.6 Å². The Kier molecular flexibility index (Phi) is 3.24. The highest BCUT2D eigenvalue weighted by Crippen LogP contribution is 1.79. The Morgan fingerprint density at radius 1 is 1.71 bits per heavy atom. The van der Waals surface area contributed by atoms with Crippen LogP contribution in [0.3, 0.4) is 0 Å². The molecule has 4 heteroatoms. The molecule has 7 heavy (non-hydrogen) atoms. The smallest absolute Gasteiger partial charge is 0.102 e. The van der Waals surface area contributed by atoms with Crippen molar-refractivity contribution in [3.8, 4) is 0 Å². The number of rotatable bonds is 2. The zero-order valence-electron chi connectivity index (χ0n) is 4.63. The Labute approximate surface area is 43.4 Å². The molecule has 0 atom stereocenters. The van der Waals surface area contributed by atoms with Gasteiger partial charge in [-0.3, -0.25) is 0 Å². The summed E-state index contributed by atoms with van der Waals surface area (Å²) in [6, 6.07) is 0. The van der Waals surface area contributed by atoms with E-state index in [2.05, 4.69) is 10.0 Å². The van der Waals surface area contributed by atoms with E-state index in [1.807, 2.05) is 13.6 Å². The van der Waals surface area contributed by atoms with E-state index in [9.17, 15) is 0 Å². The monoisotopic (exact) mass is 97.1 g/mol. The number of azide groups is 1. The Morgan fingerprint density at radius 2 is 2.29 bits per heavy atom. The third-order valence-corrected chi connectivity index (χ3v) is 0.510. The van der Waals surface area contributed by atoms with Gasteiger partial charge in [-0.15, -0.1) is 5.11 Å². The van der Waals surface area contributed by atoms with E-state index in [-0.39, 0.29) is 0 Å². The molecule has 0 aromatic rings. The van der Waals surface area contributed by atoms with Crippen LogP contribution in [0, 0.1) is 0 Å². The number of hydrogen-bond acceptors (Lipinski definition) is 1. The highest BCUT2D eigenvalue weighted by Gasteiger charge is 1.91. The largest absolute Gasteiger partial charge is 0.140 e. The van der Waals surface area contributed by atoms with Crippen LogP contribution in [0.1, 0.15) is 0 Å². The molecule has 0 saturated carbocycles. The lowest BCUT2D eigenvalue weighted by Gasteiger charge is -1.85. The fourth-order valence-corrected chi connectivity index (χ4v) is 0.200. The Bertz CT molecular complexity index is 84.2. The van der Waals surface area contributed by atoms with Crippen LogP contribution in [0.5, 0.6) is 0 Å². The molecule has 0 amide bonds. The van der Waals surface area contributed by atoms with Crippen LogP contribution in [0.4, 0.5) is 0 Å². The van der Waals surface area contributed by atoms with Crippen molar-refractivity contribution in [1.82, 2.24) is 0 Å². The zero-order valence-corrected chi connectivity index (χ0v) is 4.63. The molecule has 0 aromatic carbocycles. The Balaban J connectivity index is 3.13. The first-order chi connectivity index (χ1) is 3.27. The predicted molar refractivity (Wildman–Crippen MR) is 31.5 cm³/mol. The molecular formula is C3H8BN3. The maximum atomic E-state index is 7.77. The van der Waals surface area contributed by atoms with Crippen molar-refractivity contribution in [3.63, 3.8) is 0 Å². The molecule has 0 rings (SSSR count). The lowest BCUT2D eigenvalue weighted by Crippen LogP contribution is -2.03. The third-order valence-electron chi connectivity index (χ3n) is 0.510. The van der Waals surface area contributed by atoms with Crippen molar-refractivity contribution < 1.29 is 0 Å². The molecule has 0 heterocycles. The maximum Gasteiger partial charge on any atom is 0.140 e. The Hall–Kier alpha value is -0.625. The quantitative estimate of drug-likeness (QED) is 0.217. The summed E-state index contributed by atoms with van der Waals surface area (Å²) in [6.45, 7) is 4.50. The lowest BCUT2D eigenvalue weighted by molar-refractivity contribution is 1.28. The SMILES string of the molecule is CB(C)CN=[N+]=[N-]. The summed E-state index contributed by atoms with van der Waals surface area (Å²) in [5.41, 5.74) is 7.77. The summed E-state index contributed by atoms with van der Waals surface area (Å²) >= 11 is 0. The maximum absolute atomic E-state index is 7.77. The van der Waals surface area contributed by atoms with E-state index >= 15 is 0 Å². The lowest BCUT2D eigenvalue weighted by atomic mass is 9.55. The van der Waals surface area contributed by atoms with Crippen LogP contribution in [0.2, 0.25) is 13.6 Å². The van der Waals surface area contributed by atoms with Crippen LogP contribution in [-0.2, 0) is 0 Å². The molecule has 3 nitrogen and oxygen atoms in total. The van der Waals surface area contributed by atoms with Gasteiger partial charge < -0.3 is 0 Å². The van der Waals surface area contributed by atoms with Crippen LogP contribution in [-0.4, -0.2) is 13.2 Å². The summed E-state index contributed by atoms with van der Waals surface area (Å²) in [6.07, 6.45) is 0.608. The highest BCUT2D eigenvalue weighted by molar-refractivity contribution is 6.55. The average molecular weight is 96.9 g/mol. The minimum atomic E-state index is 0.482. The van der Waals surface area contributed by atoms with E-state index < -0.39 is 0 Å². The molecule has 38 valence electrons. The van der Waals surface area contributed by atoms with Crippen molar-refractivity contribution in [2.45, 2.75) is 13.6 Å². The fraction of sp³-hybridized carbons (Fsp3) is 1.00. The number of nitrogens with zero attached hydrogens (tertiary/aromatic N) is 3. The van der Waals surface area contributed by atoms with Crippen molar-refractivity contribution in [2.75, 3.05) is 6.44 Å². The van der Waals surface area contributed by atoms with Crippen molar-refractivity contribution in [3.05, 3.63) is 10.4 Å². The molecular weight excluding hydrogens is 88.9 g/mol. The summed E-state index contributed by atoms with van der Waals surface area (Å²) in [4.78, 5) is 2.60. The second kappa shape index (κ2) is 3.56. The minimum Gasteiger partial charge on any atom is -0.102 e. The highest BCUT2D eigenvalue weighted by atomic mass is 15.1. The van der Waals surface area contributed by atoms with E-state index in [0.29, 0.717) is 13.2 Å². The van der Waals surface area contributed by atoms with Gasteiger partial charge in [0.25, 0.3) is 0 Å². The van der Waals surface area contributed by atoms with E-state index in [1.54, 1.807) is 0 Å². The van der Waals surface area contributed by atoms with E-state index in [0.717, 1.165) is 0 Å². The van der Waals surface area contributed by atoms with Gasteiger partial charge in [0, 0.05) is 11.4 Å². The summed E-state index contributed by atoms with van der Waals surface area (Å²) < 4.78 is 0. The second-order valence-electron chi connectivity index (χ2n) is 1.81. The molecule has 0 aromatic heterocycles.